The van der Waals surface area contributed by atoms with E-state index in [-0.39, 0.29) is 0 Å². The van der Waals surface area contributed by atoms with Gasteiger partial charge in [-0.25, -0.2) is 0 Å². The number of rotatable bonds is 6. The van der Waals surface area contributed by atoms with Crippen LogP contribution in [0.15, 0.2) is 0 Å². The molecule has 0 unspecified atom stereocenters. The summed E-state index contributed by atoms with van der Waals surface area (Å²) in [6, 6.07) is 0. The topological polar surface area (TPSA) is 9.23 Å². The molecule has 0 amide bonds. The summed E-state index contributed by atoms with van der Waals surface area (Å²) in [6.45, 7) is 5.09. The summed E-state index contributed by atoms with van der Waals surface area (Å²) in [5.41, 5.74) is 0. The van der Waals surface area contributed by atoms with E-state index in [1.54, 1.807) is 11.8 Å². The molecule has 5 heteroatoms. The van der Waals surface area contributed by atoms with E-state index in [0.717, 1.165) is 29.6 Å². The first kappa shape index (κ1) is 14.8. The fourth-order valence-electron chi connectivity index (χ4n) is 0.738. The first-order valence-corrected chi connectivity index (χ1v) is 9.00. The predicted octanol–water partition coefficient (Wildman–Crippen LogP) is 2.97. The monoisotopic (exact) mass is 270 g/mol. The molecule has 14 heavy (non-hydrogen) atoms. The third-order valence-corrected chi connectivity index (χ3v) is 5.20. The highest BCUT2D eigenvalue weighted by Crippen LogP contribution is 2.08. The van der Waals surface area contributed by atoms with Crippen LogP contribution in [0.3, 0.4) is 0 Å². The third kappa shape index (κ3) is 8.17. The van der Waals surface area contributed by atoms with Crippen LogP contribution in [-0.4, -0.2) is 16.7 Å². The van der Waals surface area contributed by atoms with E-state index < -0.39 is 7.60 Å². The molecule has 0 saturated carbocycles. The molecular formula is C9H18OS4. The second-order valence-corrected chi connectivity index (χ2v) is 7.69. The summed E-state index contributed by atoms with van der Waals surface area (Å²) < 4.78 is 6.46. The molecule has 0 spiro atoms. The minimum atomic E-state index is -0.536. The Labute approximate surface area is 102 Å². The molecule has 0 radical (unpaired) electrons. The highest BCUT2D eigenvalue weighted by molar-refractivity contribution is 8.50. The van der Waals surface area contributed by atoms with Crippen molar-refractivity contribution in [2.45, 2.75) is 39.5 Å². The second-order valence-electron chi connectivity index (χ2n) is 2.89. The number of ether oxygens (including phenoxy) is 1. The Morgan fingerprint density at radius 2 is 1.86 bits per heavy atom. The molecule has 0 N–H and O–H groups in total. The zero-order valence-corrected chi connectivity index (χ0v) is 12.0. The first-order chi connectivity index (χ1) is 6.72. The van der Waals surface area contributed by atoms with Gasteiger partial charge in [-0.15, -0.1) is 0 Å². The van der Waals surface area contributed by atoms with E-state index in [0.29, 0.717) is 0 Å². The SMILES string of the molecule is CCCCOC(SCCCC)=S(=S)=S. The van der Waals surface area contributed by atoms with Crippen molar-refractivity contribution in [3.8, 4) is 0 Å². The van der Waals surface area contributed by atoms with Gasteiger partial charge in [0.15, 0.2) is 4.38 Å². The lowest BCUT2D eigenvalue weighted by atomic mass is 10.4. The lowest BCUT2D eigenvalue weighted by molar-refractivity contribution is 0.313. The Bertz CT molecular complexity index is 236. The average molecular weight is 271 g/mol. The lowest BCUT2D eigenvalue weighted by Crippen LogP contribution is -2.03. The van der Waals surface area contributed by atoms with Gasteiger partial charge in [0.05, 0.1) is 6.61 Å². The molecule has 0 aromatic heterocycles. The van der Waals surface area contributed by atoms with Crippen molar-refractivity contribution in [2.24, 2.45) is 0 Å². The van der Waals surface area contributed by atoms with Gasteiger partial charge in [-0.1, -0.05) is 38.5 Å². The number of unbranched alkanes of at least 4 members (excludes halogenated alkanes) is 2. The van der Waals surface area contributed by atoms with Crippen LogP contribution in [0, 0.1) is 0 Å². The van der Waals surface area contributed by atoms with Gasteiger partial charge >= 0.3 is 0 Å². The van der Waals surface area contributed by atoms with Crippen molar-refractivity contribution in [1.29, 1.82) is 0 Å². The van der Waals surface area contributed by atoms with Gasteiger partial charge in [0.1, 0.15) is 0 Å². The molecule has 0 aromatic rings. The number of thioether (sulfide) groups is 1. The lowest BCUT2D eigenvalue weighted by Gasteiger charge is -2.04. The van der Waals surface area contributed by atoms with Gasteiger partial charge in [-0.2, -0.15) is 0 Å². The number of hydrogen-bond donors (Lipinski definition) is 0. The van der Waals surface area contributed by atoms with Crippen LogP contribution in [0.25, 0.3) is 0 Å². The Morgan fingerprint density at radius 1 is 1.21 bits per heavy atom. The van der Waals surface area contributed by atoms with E-state index in [9.17, 15) is 0 Å². The summed E-state index contributed by atoms with van der Waals surface area (Å²) in [6.07, 6.45) is 4.64. The van der Waals surface area contributed by atoms with Crippen molar-refractivity contribution in [1.82, 2.24) is 0 Å². The largest absolute Gasteiger partial charge is 0.330 e. The second kappa shape index (κ2) is 10.4. The minimum absolute atomic E-state index is 0.536. The Balaban J connectivity index is 3.88. The molecule has 0 aromatic carbocycles. The van der Waals surface area contributed by atoms with E-state index in [2.05, 4.69) is 13.8 Å². The Kier molecular flexibility index (Phi) is 11.0. The fourth-order valence-corrected chi connectivity index (χ4v) is 3.47. The van der Waals surface area contributed by atoms with Gasteiger partial charge in [-0.3, -0.25) is 0 Å². The van der Waals surface area contributed by atoms with Crippen molar-refractivity contribution in [3.05, 3.63) is 0 Å². The molecule has 0 fully saturated rings. The van der Waals surface area contributed by atoms with Crippen molar-refractivity contribution in [2.75, 3.05) is 12.4 Å². The predicted molar refractivity (Wildman–Crippen MR) is 75.3 cm³/mol. The normalized spacial score (nSPS) is 10.1. The van der Waals surface area contributed by atoms with E-state index >= 15 is 0 Å². The molecular weight excluding hydrogens is 252 g/mol. The van der Waals surface area contributed by atoms with Crippen molar-refractivity contribution in [3.63, 3.8) is 0 Å². The summed E-state index contributed by atoms with van der Waals surface area (Å²) >= 11 is 11.8. The molecule has 0 aliphatic carbocycles. The maximum Gasteiger partial charge on any atom is 0.175 e. The van der Waals surface area contributed by atoms with E-state index in [4.69, 9.17) is 27.1 Å². The fraction of sp³-hybridized carbons (Fsp3) is 0.889. The smallest absolute Gasteiger partial charge is 0.175 e. The summed E-state index contributed by atoms with van der Waals surface area (Å²) in [4.78, 5) is 0. The molecule has 0 rings (SSSR count). The molecule has 0 bridgehead atoms. The highest BCUT2D eigenvalue weighted by Gasteiger charge is 1.99. The molecule has 0 aliphatic heterocycles. The van der Waals surface area contributed by atoms with Crippen molar-refractivity contribution < 1.29 is 4.74 Å². The average Bonchev–Trinajstić information content (AvgIpc) is 2.15. The molecule has 84 valence electrons. The quantitative estimate of drug-likeness (QED) is 0.542. The molecule has 1 nitrogen and oxygen atoms in total. The Hall–Kier alpha value is 0.840. The van der Waals surface area contributed by atoms with Crippen LogP contribution < -0.4 is 0 Å². The van der Waals surface area contributed by atoms with Crippen LogP contribution >= 0.6 is 11.8 Å². The van der Waals surface area contributed by atoms with Crippen molar-refractivity contribution >= 4 is 46.1 Å². The molecule has 0 saturated heterocycles. The molecule has 0 aliphatic rings. The number of hydrogen-bond acceptors (Lipinski definition) is 4. The van der Waals surface area contributed by atoms with Crippen LogP contribution in [0.4, 0.5) is 0 Å². The maximum absolute atomic E-state index is 5.57. The minimum Gasteiger partial charge on any atom is -0.330 e. The van der Waals surface area contributed by atoms with Gasteiger partial charge < -0.3 is 4.74 Å². The van der Waals surface area contributed by atoms with Gasteiger partial charge in [0.25, 0.3) is 0 Å². The zero-order chi connectivity index (χ0) is 10.8. The zero-order valence-electron chi connectivity index (χ0n) is 8.78. The highest BCUT2D eigenvalue weighted by atomic mass is 33.1. The summed E-state index contributed by atoms with van der Waals surface area (Å²) in [5, 5.41) is 0. The van der Waals surface area contributed by atoms with Crippen LogP contribution in [0.5, 0.6) is 0 Å². The van der Waals surface area contributed by atoms with E-state index in [1.165, 1.54) is 12.8 Å². The van der Waals surface area contributed by atoms with E-state index in [1.807, 2.05) is 0 Å². The molecule has 0 atom stereocenters. The van der Waals surface area contributed by atoms with Crippen LogP contribution in [0.2, 0.25) is 0 Å². The standard InChI is InChI=1S/C9H18OS4/c1-3-5-7-10-9(14(11)12)13-8-6-4-2/h3-8H2,1-2H3. The molecule has 0 heterocycles. The summed E-state index contributed by atoms with van der Waals surface area (Å²) in [5.74, 6) is 1.08. The third-order valence-electron chi connectivity index (χ3n) is 1.57. The summed E-state index contributed by atoms with van der Waals surface area (Å²) in [7, 11) is -0.536. The first-order valence-electron chi connectivity index (χ1n) is 4.94. The maximum atomic E-state index is 5.57. The van der Waals surface area contributed by atoms with Crippen LogP contribution in [0.1, 0.15) is 39.5 Å². The van der Waals surface area contributed by atoms with Gasteiger partial charge in [0.2, 0.25) is 0 Å². The van der Waals surface area contributed by atoms with Crippen LogP contribution in [-0.2, 0) is 34.7 Å². The Morgan fingerprint density at radius 3 is 2.36 bits per heavy atom. The van der Waals surface area contributed by atoms with Gasteiger partial charge in [-0.05, 0) is 42.8 Å². The van der Waals surface area contributed by atoms with Gasteiger partial charge in [0, 0.05) is 5.75 Å².